The van der Waals surface area contributed by atoms with Crippen molar-refractivity contribution in [2.45, 2.75) is 10.6 Å². The Morgan fingerprint density at radius 3 is 2.22 bits per heavy atom. The molecule has 0 radical (unpaired) electrons. The van der Waals surface area contributed by atoms with E-state index in [2.05, 4.69) is 15.3 Å². The number of anilines is 1. The van der Waals surface area contributed by atoms with Crippen LogP contribution in [0.2, 0.25) is 0 Å². The standard InChI is InChI=1S/C24H19N3O4S/c28-21-6-4-5-19(13-21)23-25-14-20(15-26-23)27-24(29)18-11-9-17(10-12-18)16-32(30,31)22-7-2-1-3-8-22/h1-15,28H,16H2,(H,27,29). The van der Waals surface area contributed by atoms with Gasteiger partial charge in [0.05, 0.1) is 28.7 Å². The summed E-state index contributed by atoms with van der Waals surface area (Å²) in [4.78, 5) is 21.2. The van der Waals surface area contributed by atoms with Crippen molar-refractivity contribution in [1.82, 2.24) is 9.97 Å². The van der Waals surface area contributed by atoms with Crippen LogP contribution in [0, 0.1) is 0 Å². The number of nitrogens with zero attached hydrogens (tertiary/aromatic N) is 2. The number of phenolic OH excluding ortho intramolecular Hbond substituents is 1. The molecule has 0 aliphatic heterocycles. The maximum atomic E-state index is 12.5. The third-order valence-electron chi connectivity index (χ3n) is 4.69. The number of hydrogen-bond donors (Lipinski definition) is 2. The lowest BCUT2D eigenvalue weighted by atomic mass is 10.1. The smallest absolute Gasteiger partial charge is 0.255 e. The first-order valence-electron chi connectivity index (χ1n) is 9.70. The van der Waals surface area contributed by atoms with Gasteiger partial charge in [0.1, 0.15) is 5.75 Å². The molecule has 4 aromatic rings. The van der Waals surface area contributed by atoms with E-state index >= 15 is 0 Å². The predicted octanol–water partition coefficient (Wildman–Crippen LogP) is 4.08. The van der Waals surface area contributed by atoms with E-state index < -0.39 is 9.84 Å². The summed E-state index contributed by atoms with van der Waals surface area (Å²) in [5.74, 6) is 0.0195. The average molecular weight is 446 g/mol. The Morgan fingerprint density at radius 1 is 0.875 bits per heavy atom. The molecule has 1 heterocycles. The minimum absolute atomic E-state index is 0.114. The molecule has 0 fully saturated rings. The molecule has 3 aromatic carbocycles. The van der Waals surface area contributed by atoms with E-state index in [0.717, 1.165) is 0 Å². The summed E-state index contributed by atoms with van der Waals surface area (Å²) < 4.78 is 25.0. The van der Waals surface area contributed by atoms with Gasteiger partial charge in [0.25, 0.3) is 5.91 Å². The number of nitrogens with one attached hydrogen (secondary N) is 1. The van der Waals surface area contributed by atoms with Crippen LogP contribution in [0.25, 0.3) is 11.4 Å². The van der Waals surface area contributed by atoms with Gasteiger partial charge in [-0.2, -0.15) is 0 Å². The zero-order chi connectivity index (χ0) is 22.6. The molecule has 7 nitrogen and oxygen atoms in total. The van der Waals surface area contributed by atoms with Gasteiger partial charge in [-0.05, 0) is 42.0 Å². The van der Waals surface area contributed by atoms with E-state index in [9.17, 15) is 18.3 Å². The second-order valence-corrected chi connectivity index (χ2v) is 9.06. The Morgan fingerprint density at radius 2 is 1.56 bits per heavy atom. The summed E-state index contributed by atoms with van der Waals surface area (Å²) in [5, 5.41) is 12.3. The van der Waals surface area contributed by atoms with E-state index in [1.54, 1.807) is 78.9 Å². The number of benzene rings is 3. The third kappa shape index (κ3) is 4.98. The molecule has 4 rings (SSSR count). The van der Waals surface area contributed by atoms with Gasteiger partial charge in [0, 0.05) is 11.1 Å². The number of carbonyl (C=O) groups excluding carboxylic acids is 1. The summed E-state index contributed by atoms with van der Waals surface area (Å²) in [6.07, 6.45) is 2.95. The molecule has 0 unspecified atom stereocenters. The van der Waals surface area contributed by atoms with Gasteiger partial charge in [-0.25, -0.2) is 18.4 Å². The highest BCUT2D eigenvalue weighted by Crippen LogP contribution is 2.21. The minimum atomic E-state index is -3.46. The molecule has 0 saturated heterocycles. The van der Waals surface area contributed by atoms with Crippen LogP contribution in [0.3, 0.4) is 0 Å². The number of aromatic hydroxyl groups is 1. The Balaban J connectivity index is 1.42. The average Bonchev–Trinajstić information content (AvgIpc) is 2.80. The van der Waals surface area contributed by atoms with Crippen LogP contribution in [-0.2, 0) is 15.6 Å². The highest BCUT2D eigenvalue weighted by atomic mass is 32.2. The predicted molar refractivity (Wildman–Crippen MR) is 121 cm³/mol. The number of rotatable bonds is 6. The van der Waals surface area contributed by atoms with E-state index in [1.807, 2.05) is 0 Å². The molecule has 0 spiro atoms. The van der Waals surface area contributed by atoms with Crippen LogP contribution in [0.5, 0.6) is 5.75 Å². The van der Waals surface area contributed by atoms with Crippen LogP contribution in [0.15, 0.2) is 96.2 Å². The van der Waals surface area contributed by atoms with Crippen molar-refractivity contribution in [2.24, 2.45) is 0 Å². The molecular weight excluding hydrogens is 426 g/mol. The Bertz CT molecular complexity index is 1340. The number of aromatic nitrogens is 2. The van der Waals surface area contributed by atoms with Crippen LogP contribution in [0.4, 0.5) is 5.69 Å². The quantitative estimate of drug-likeness (QED) is 0.463. The second kappa shape index (κ2) is 8.99. The fraction of sp³-hybridized carbons (Fsp3) is 0.0417. The molecule has 32 heavy (non-hydrogen) atoms. The van der Waals surface area contributed by atoms with E-state index in [1.165, 1.54) is 12.4 Å². The molecule has 1 aromatic heterocycles. The molecular formula is C24H19N3O4S. The fourth-order valence-corrected chi connectivity index (χ4v) is 4.44. The third-order valence-corrected chi connectivity index (χ3v) is 6.39. The Hall–Kier alpha value is -4.04. The maximum absolute atomic E-state index is 12.5. The monoisotopic (exact) mass is 445 g/mol. The maximum Gasteiger partial charge on any atom is 0.255 e. The number of phenols is 1. The van der Waals surface area contributed by atoms with Gasteiger partial charge >= 0.3 is 0 Å². The topological polar surface area (TPSA) is 109 Å². The minimum Gasteiger partial charge on any atom is -0.508 e. The normalized spacial score (nSPS) is 11.1. The van der Waals surface area contributed by atoms with Crippen LogP contribution in [0.1, 0.15) is 15.9 Å². The van der Waals surface area contributed by atoms with Gasteiger partial charge < -0.3 is 10.4 Å². The molecule has 160 valence electrons. The number of sulfone groups is 1. The number of hydrogen-bond acceptors (Lipinski definition) is 6. The van der Waals surface area contributed by atoms with Crippen molar-refractivity contribution in [1.29, 1.82) is 0 Å². The summed E-state index contributed by atoms with van der Waals surface area (Å²) in [5.41, 5.74) is 2.03. The highest BCUT2D eigenvalue weighted by Gasteiger charge is 2.15. The Labute approximate surface area is 185 Å². The van der Waals surface area contributed by atoms with Gasteiger partial charge in [-0.15, -0.1) is 0 Å². The van der Waals surface area contributed by atoms with Gasteiger partial charge in [-0.3, -0.25) is 4.79 Å². The molecule has 0 atom stereocenters. The summed E-state index contributed by atoms with van der Waals surface area (Å²) >= 11 is 0. The molecule has 8 heteroatoms. The van der Waals surface area contributed by atoms with Gasteiger partial charge in [0.15, 0.2) is 15.7 Å². The summed E-state index contributed by atoms with van der Waals surface area (Å²) in [6.45, 7) is 0. The van der Waals surface area contributed by atoms with Gasteiger partial charge in [0.2, 0.25) is 0 Å². The van der Waals surface area contributed by atoms with Crippen LogP contribution < -0.4 is 5.32 Å². The fourth-order valence-electron chi connectivity index (χ4n) is 3.07. The molecule has 0 aliphatic rings. The van der Waals surface area contributed by atoms with E-state index in [0.29, 0.717) is 28.2 Å². The van der Waals surface area contributed by atoms with Crippen LogP contribution in [-0.4, -0.2) is 29.4 Å². The first-order valence-corrected chi connectivity index (χ1v) is 11.4. The summed E-state index contributed by atoms with van der Waals surface area (Å²) in [6, 6.07) is 21.2. The zero-order valence-corrected chi connectivity index (χ0v) is 17.7. The van der Waals surface area contributed by atoms with Crippen LogP contribution >= 0.6 is 0 Å². The van der Waals surface area contributed by atoms with Gasteiger partial charge in [-0.1, -0.05) is 42.5 Å². The molecule has 0 saturated carbocycles. The van der Waals surface area contributed by atoms with Crippen molar-refractivity contribution in [3.63, 3.8) is 0 Å². The Kier molecular flexibility index (Phi) is 5.96. The largest absolute Gasteiger partial charge is 0.508 e. The number of amides is 1. The highest BCUT2D eigenvalue weighted by molar-refractivity contribution is 7.90. The lowest BCUT2D eigenvalue weighted by molar-refractivity contribution is 0.102. The van der Waals surface area contributed by atoms with Crippen molar-refractivity contribution in [3.8, 4) is 17.1 Å². The number of carbonyl (C=O) groups is 1. The molecule has 1 amide bonds. The zero-order valence-electron chi connectivity index (χ0n) is 16.8. The second-order valence-electron chi connectivity index (χ2n) is 7.07. The van der Waals surface area contributed by atoms with E-state index in [-0.39, 0.29) is 22.3 Å². The van der Waals surface area contributed by atoms with Crippen molar-refractivity contribution >= 4 is 21.4 Å². The van der Waals surface area contributed by atoms with Crippen molar-refractivity contribution in [3.05, 3.63) is 102 Å². The molecule has 0 bridgehead atoms. The summed E-state index contributed by atoms with van der Waals surface area (Å²) in [7, 11) is -3.46. The van der Waals surface area contributed by atoms with Crippen molar-refractivity contribution in [2.75, 3.05) is 5.32 Å². The van der Waals surface area contributed by atoms with E-state index in [4.69, 9.17) is 0 Å². The molecule has 0 aliphatic carbocycles. The molecule has 2 N–H and O–H groups in total. The lowest BCUT2D eigenvalue weighted by Crippen LogP contribution is -2.12. The first-order chi connectivity index (χ1) is 15.4. The first kappa shape index (κ1) is 21.2. The SMILES string of the molecule is O=C(Nc1cnc(-c2cccc(O)c2)nc1)c1ccc(CS(=O)(=O)c2ccccc2)cc1. The lowest BCUT2D eigenvalue weighted by Gasteiger charge is -2.08. The van der Waals surface area contributed by atoms with Crippen molar-refractivity contribution < 1.29 is 18.3 Å².